The van der Waals surface area contributed by atoms with Gasteiger partial charge in [-0.15, -0.1) is 0 Å². The first kappa shape index (κ1) is 28.7. The molecule has 2 heterocycles. The van der Waals surface area contributed by atoms with Crippen LogP contribution in [-0.4, -0.2) is 61.0 Å². The molecule has 3 aliphatic rings. The van der Waals surface area contributed by atoms with E-state index in [0.29, 0.717) is 17.4 Å². The van der Waals surface area contributed by atoms with Gasteiger partial charge in [0.25, 0.3) is 5.91 Å². The minimum absolute atomic E-state index is 0.00432. The van der Waals surface area contributed by atoms with E-state index in [1.807, 2.05) is 24.3 Å². The van der Waals surface area contributed by atoms with Crippen molar-refractivity contribution in [2.75, 3.05) is 39.3 Å². The van der Waals surface area contributed by atoms with E-state index in [1.165, 1.54) is 62.7 Å². The molecule has 1 saturated heterocycles. The Morgan fingerprint density at radius 3 is 2.17 bits per heavy atom. The summed E-state index contributed by atoms with van der Waals surface area (Å²) in [6.45, 7) is 5.89. The summed E-state index contributed by atoms with van der Waals surface area (Å²) in [5.41, 5.74) is 3.36. The highest BCUT2D eigenvalue weighted by molar-refractivity contribution is 5.94. The highest BCUT2D eigenvalue weighted by atomic mass is 16.5. The highest BCUT2D eigenvalue weighted by Gasteiger charge is 2.27. The second-order valence-corrected chi connectivity index (χ2v) is 12.3. The van der Waals surface area contributed by atoms with Crippen molar-refractivity contribution in [2.45, 2.75) is 56.9 Å². The van der Waals surface area contributed by atoms with Gasteiger partial charge in [0.2, 0.25) is 0 Å². The fourth-order valence-electron chi connectivity index (χ4n) is 6.97. The van der Waals surface area contributed by atoms with Crippen LogP contribution in [0.5, 0.6) is 5.75 Å². The van der Waals surface area contributed by atoms with Crippen molar-refractivity contribution in [1.82, 2.24) is 15.1 Å². The zero-order chi connectivity index (χ0) is 28.6. The average molecular weight is 564 g/mol. The number of nitrogens with zero attached hydrogens (tertiary/aromatic N) is 2. The zero-order valence-electron chi connectivity index (χ0n) is 24.8. The summed E-state index contributed by atoms with van der Waals surface area (Å²) in [7, 11) is 0. The monoisotopic (exact) mass is 563 g/mol. The van der Waals surface area contributed by atoms with Gasteiger partial charge in [-0.05, 0) is 80.1 Å². The number of amides is 1. The molecule has 3 aromatic carbocycles. The summed E-state index contributed by atoms with van der Waals surface area (Å²) in [4.78, 5) is 18.2. The van der Waals surface area contributed by atoms with E-state index < -0.39 is 0 Å². The molecule has 0 spiro atoms. The van der Waals surface area contributed by atoms with Crippen molar-refractivity contribution in [1.29, 1.82) is 0 Å². The fraction of sp³-hybridized carbons (Fsp3) is 0.432. The van der Waals surface area contributed by atoms with Crippen LogP contribution >= 0.6 is 0 Å². The van der Waals surface area contributed by atoms with Crippen molar-refractivity contribution < 1.29 is 9.53 Å². The number of hydrogen-bond donors (Lipinski definition) is 1. The largest absolute Gasteiger partial charge is 0.462 e. The molecule has 42 heavy (non-hydrogen) atoms. The van der Waals surface area contributed by atoms with Crippen LogP contribution in [0.15, 0.2) is 96.8 Å². The maximum absolute atomic E-state index is 13.0. The second-order valence-electron chi connectivity index (χ2n) is 12.3. The molecule has 2 fully saturated rings. The first-order chi connectivity index (χ1) is 20.7. The van der Waals surface area contributed by atoms with Gasteiger partial charge in [-0.3, -0.25) is 9.69 Å². The fourth-order valence-corrected chi connectivity index (χ4v) is 6.97. The van der Waals surface area contributed by atoms with E-state index in [1.54, 1.807) is 0 Å². The number of nitrogens with one attached hydrogen (secondary N) is 1. The minimum atomic E-state index is -0.00432. The third kappa shape index (κ3) is 7.50. The first-order valence-electron chi connectivity index (χ1n) is 16.0. The van der Waals surface area contributed by atoms with Crippen LogP contribution < -0.4 is 10.1 Å². The van der Waals surface area contributed by atoms with Gasteiger partial charge in [0, 0.05) is 50.1 Å². The van der Waals surface area contributed by atoms with Gasteiger partial charge in [0.05, 0.1) is 0 Å². The zero-order valence-corrected chi connectivity index (χ0v) is 24.8. The van der Waals surface area contributed by atoms with Gasteiger partial charge < -0.3 is 15.0 Å². The standard InChI is InChI=1S/C37H45N3O2/c41-37(38-27-29-18-24-40(25-19-29)33-15-7-8-16-33)32-14-9-17-35(26-32)42-34-20-22-39(23-21-34)28-36(30-10-3-1-4-11-30)31-12-5-2-6-13-31/h1-6,9-14,17,20,26,29,33,36H,7-8,15-16,18-19,21-25,27-28H2,(H,38,41). The molecule has 5 heteroatoms. The maximum atomic E-state index is 13.0. The van der Waals surface area contributed by atoms with E-state index in [2.05, 4.69) is 81.9 Å². The Morgan fingerprint density at radius 2 is 1.52 bits per heavy atom. The van der Waals surface area contributed by atoms with E-state index in [9.17, 15) is 4.79 Å². The molecule has 5 nitrogen and oxygen atoms in total. The Morgan fingerprint density at radius 1 is 0.833 bits per heavy atom. The van der Waals surface area contributed by atoms with Crippen molar-refractivity contribution in [2.24, 2.45) is 5.92 Å². The Kier molecular flexibility index (Phi) is 9.68. The lowest BCUT2D eigenvalue weighted by Gasteiger charge is -2.36. The molecule has 1 aliphatic carbocycles. The molecule has 0 unspecified atom stereocenters. The van der Waals surface area contributed by atoms with Crippen LogP contribution in [-0.2, 0) is 0 Å². The van der Waals surface area contributed by atoms with Gasteiger partial charge in [-0.25, -0.2) is 0 Å². The average Bonchev–Trinajstić information content (AvgIpc) is 3.60. The molecular formula is C37H45N3O2. The Labute approximate surface area is 251 Å². The number of piperidine rings is 1. The van der Waals surface area contributed by atoms with E-state index in [-0.39, 0.29) is 5.91 Å². The van der Waals surface area contributed by atoms with Gasteiger partial charge in [-0.1, -0.05) is 79.6 Å². The minimum Gasteiger partial charge on any atom is -0.462 e. The van der Waals surface area contributed by atoms with E-state index in [4.69, 9.17) is 4.74 Å². The smallest absolute Gasteiger partial charge is 0.251 e. The van der Waals surface area contributed by atoms with Gasteiger partial charge in [0.15, 0.2) is 0 Å². The van der Waals surface area contributed by atoms with Crippen LogP contribution in [0.2, 0.25) is 0 Å². The van der Waals surface area contributed by atoms with Crippen LogP contribution in [0.4, 0.5) is 0 Å². The molecule has 0 bridgehead atoms. The number of likely N-dealkylation sites (tertiary alicyclic amines) is 1. The summed E-state index contributed by atoms with van der Waals surface area (Å²) in [6.07, 6.45) is 10.9. The molecule has 2 aliphatic heterocycles. The first-order valence-corrected chi connectivity index (χ1v) is 16.0. The number of rotatable bonds is 10. The number of benzene rings is 3. The third-order valence-corrected chi connectivity index (χ3v) is 9.48. The molecule has 1 N–H and O–H groups in total. The number of carbonyl (C=O) groups is 1. The van der Waals surface area contributed by atoms with Gasteiger partial charge in [0.1, 0.15) is 11.5 Å². The lowest BCUT2D eigenvalue weighted by molar-refractivity contribution is 0.0924. The normalized spacial score (nSPS) is 19.1. The number of carbonyl (C=O) groups excluding carboxylic acids is 1. The van der Waals surface area contributed by atoms with E-state index >= 15 is 0 Å². The summed E-state index contributed by atoms with van der Waals surface area (Å²) in [6, 6.07) is 30.0. The molecule has 0 radical (unpaired) electrons. The van der Waals surface area contributed by atoms with Crippen molar-refractivity contribution in [3.8, 4) is 5.75 Å². The van der Waals surface area contributed by atoms with Crippen LogP contribution in [0.25, 0.3) is 0 Å². The number of hydrogen-bond acceptors (Lipinski definition) is 4. The van der Waals surface area contributed by atoms with Crippen LogP contribution in [0.3, 0.4) is 0 Å². The molecule has 0 atom stereocenters. The summed E-state index contributed by atoms with van der Waals surface area (Å²) in [5.74, 6) is 2.62. The summed E-state index contributed by atoms with van der Waals surface area (Å²) in [5, 5.41) is 3.20. The van der Waals surface area contributed by atoms with E-state index in [0.717, 1.165) is 50.2 Å². The van der Waals surface area contributed by atoms with Crippen molar-refractivity contribution in [3.05, 3.63) is 113 Å². The summed E-state index contributed by atoms with van der Waals surface area (Å²) < 4.78 is 6.27. The Bertz CT molecular complexity index is 1270. The van der Waals surface area contributed by atoms with Gasteiger partial charge >= 0.3 is 0 Å². The molecule has 3 aromatic rings. The SMILES string of the molecule is O=C(NCC1CCN(C2CCCC2)CC1)c1cccc(OC2=CCN(CC(c3ccccc3)c3ccccc3)CC2)c1. The maximum Gasteiger partial charge on any atom is 0.251 e. The molecule has 220 valence electrons. The van der Waals surface area contributed by atoms with Crippen molar-refractivity contribution in [3.63, 3.8) is 0 Å². The Balaban J connectivity index is 0.991. The quantitative estimate of drug-likeness (QED) is 0.292. The molecule has 6 rings (SSSR count). The molecule has 1 amide bonds. The lowest BCUT2D eigenvalue weighted by atomic mass is 9.90. The van der Waals surface area contributed by atoms with Crippen LogP contribution in [0.1, 0.15) is 72.3 Å². The lowest BCUT2D eigenvalue weighted by Crippen LogP contribution is -2.42. The third-order valence-electron chi connectivity index (χ3n) is 9.48. The molecule has 0 aromatic heterocycles. The summed E-state index contributed by atoms with van der Waals surface area (Å²) >= 11 is 0. The molecular weight excluding hydrogens is 518 g/mol. The topological polar surface area (TPSA) is 44.8 Å². The number of ether oxygens (including phenoxy) is 1. The molecule has 1 saturated carbocycles. The van der Waals surface area contributed by atoms with Crippen molar-refractivity contribution >= 4 is 5.91 Å². The highest BCUT2D eigenvalue weighted by Crippen LogP contribution is 2.29. The predicted molar refractivity (Wildman–Crippen MR) is 170 cm³/mol. The van der Waals surface area contributed by atoms with Crippen LogP contribution in [0, 0.1) is 5.92 Å². The van der Waals surface area contributed by atoms with Gasteiger partial charge in [-0.2, -0.15) is 0 Å². The predicted octanol–water partition coefficient (Wildman–Crippen LogP) is 6.87. The second kappa shape index (κ2) is 14.2. The Hall–Kier alpha value is -3.41.